The summed E-state index contributed by atoms with van der Waals surface area (Å²) in [6.07, 6.45) is 3.74. The van der Waals surface area contributed by atoms with Gasteiger partial charge in [0.15, 0.2) is 5.78 Å². The van der Waals surface area contributed by atoms with Crippen LogP contribution in [0.1, 0.15) is 76.2 Å². The number of hydrogen-bond acceptors (Lipinski definition) is 3. The van der Waals surface area contributed by atoms with Crippen molar-refractivity contribution in [3.8, 4) is 5.75 Å². The molecule has 0 bridgehead atoms. The van der Waals surface area contributed by atoms with Crippen molar-refractivity contribution in [1.82, 2.24) is 0 Å². The molecule has 0 amide bonds. The van der Waals surface area contributed by atoms with Gasteiger partial charge in [0.1, 0.15) is 5.75 Å². The fourth-order valence-electron chi connectivity index (χ4n) is 6.70. The van der Waals surface area contributed by atoms with Crippen molar-refractivity contribution in [2.24, 2.45) is 34.0 Å². The molecular formula is C25H36O4. The van der Waals surface area contributed by atoms with Crippen LogP contribution < -0.4 is 4.74 Å². The number of hydrogen-bond donors (Lipinski definition) is 1. The number of methoxy groups -OCH3 is 1. The average molecular weight is 401 g/mol. The zero-order chi connectivity index (χ0) is 21.8. The van der Waals surface area contributed by atoms with Gasteiger partial charge < -0.3 is 9.84 Å². The minimum Gasteiger partial charge on any atom is -0.497 e. The number of carbonyl (C=O) groups is 2. The highest BCUT2D eigenvalue weighted by Gasteiger charge is 2.65. The summed E-state index contributed by atoms with van der Waals surface area (Å²) in [4.78, 5) is 26.2. The SMILES string of the molecule is COc1cc(C)cc(C(=O)[C@H]2[C@H](C)C(C(=O)O)C[C@@]3(C)C(C)(C)CCC[C@]23C)c1. The topological polar surface area (TPSA) is 63.6 Å². The summed E-state index contributed by atoms with van der Waals surface area (Å²) in [6, 6.07) is 5.63. The van der Waals surface area contributed by atoms with Crippen molar-refractivity contribution in [2.45, 2.75) is 67.2 Å². The molecule has 0 aliphatic heterocycles. The van der Waals surface area contributed by atoms with E-state index in [1.807, 2.05) is 26.0 Å². The van der Waals surface area contributed by atoms with Crippen LogP contribution in [0.15, 0.2) is 18.2 Å². The molecule has 0 spiro atoms. The predicted molar refractivity (Wildman–Crippen MR) is 114 cm³/mol. The number of carboxylic acid groups (broad SMARTS) is 1. The summed E-state index contributed by atoms with van der Waals surface area (Å²) in [7, 11) is 1.61. The molecule has 160 valence electrons. The van der Waals surface area contributed by atoms with E-state index in [0.29, 0.717) is 17.7 Å². The van der Waals surface area contributed by atoms with Crippen molar-refractivity contribution < 1.29 is 19.4 Å². The van der Waals surface area contributed by atoms with Crippen LogP contribution >= 0.6 is 0 Å². The molecule has 0 heterocycles. The lowest BCUT2D eigenvalue weighted by Crippen LogP contribution is -2.63. The third kappa shape index (κ3) is 3.19. The number of carbonyl (C=O) groups excluding carboxylic acids is 1. The van der Waals surface area contributed by atoms with Crippen molar-refractivity contribution >= 4 is 11.8 Å². The number of Topliss-reactive ketones (excluding diaryl/α,β-unsaturated/α-hetero) is 1. The summed E-state index contributed by atoms with van der Waals surface area (Å²) < 4.78 is 5.40. The molecule has 1 aromatic rings. The second-order valence-corrected chi connectivity index (χ2v) is 10.6. The van der Waals surface area contributed by atoms with Crippen LogP contribution in [-0.2, 0) is 4.79 Å². The lowest BCUT2D eigenvalue weighted by Gasteiger charge is -2.66. The van der Waals surface area contributed by atoms with Gasteiger partial charge in [0.25, 0.3) is 0 Å². The third-order valence-electron chi connectivity index (χ3n) is 8.90. The van der Waals surface area contributed by atoms with E-state index in [9.17, 15) is 14.7 Å². The first kappa shape index (κ1) is 21.9. The van der Waals surface area contributed by atoms with Crippen molar-refractivity contribution in [3.05, 3.63) is 29.3 Å². The van der Waals surface area contributed by atoms with Crippen LogP contribution in [0.25, 0.3) is 0 Å². The molecule has 2 fully saturated rings. The molecule has 3 rings (SSSR count). The van der Waals surface area contributed by atoms with E-state index in [2.05, 4.69) is 27.7 Å². The molecular weight excluding hydrogens is 364 g/mol. The van der Waals surface area contributed by atoms with Gasteiger partial charge in [-0.25, -0.2) is 0 Å². The normalized spacial score (nSPS) is 36.2. The largest absolute Gasteiger partial charge is 0.497 e. The van der Waals surface area contributed by atoms with E-state index in [0.717, 1.165) is 24.8 Å². The lowest BCUT2D eigenvalue weighted by atomic mass is 9.37. The van der Waals surface area contributed by atoms with Gasteiger partial charge in [-0.2, -0.15) is 0 Å². The lowest BCUT2D eigenvalue weighted by molar-refractivity contribution is -0.185. The highest BCUT2D eigenvalue weighted by atomic mass is 16.5. The predicted octanol–water partition coefficient (Wildman–Crippen LogP) is 5.77. The Balaban J connectivity index is 2.17. The zero-order valence-corrected chi connectivity index (χ0v) is 19.0. The highest BCUT2D eigenvalue weighted by molar-refractivity contribution is 5.99. The van der Waals surface area contributed by atoms with Gasteiger partial charge in [-0.15, -0.1) is 0 Å². The van der Waals surface area contributed by atoms with Crippen LogP contribution in [0.5, 0.6) is 5.75 Å². The van der Waals surface area contributed by atoms with Gasteiger partial charge in [-0.1, -0.05) is 41.0 Å². The fraction of sp³-hybridized carbons (Fsp3) is 0.680. The number of benzene rings is 1. The van der Waals surface area contributed by atoms with Gasteiger partial charge in [0.2, 0.25) is 0 Å². The number of aliphatic carboxylic acids is 1. The Morgan fingerprint density at radius 1 is 1.10 bits per heavy atom. The Bertz CT molecular complexity index is 826. The molecule has 1 aromatic carbocycles. The van der Waals surface area contributed by atoms with Crippen LogP contribution in [0.2, 0.25) is 0 Å². The number of carboxylic acids is 1. The Labute approximate surface area is 175 Å². The van der Waals surface area contributed by atoms with Crippen LogP contribution in [-0.4, -0.2) is 24.0 Å². The standard InChI is InChI=1S/C25H36O4/c1-15-11-17(13-18(12-15)29-7)21(26)20-16(2)19(22(27)28)14-25(6)23(3,4)9-8-10-24(20,25)5/h11-13,16,19-20H,8-10,14H2,1-7H3,(H,27,28)/t16-,19?,20-,24-,25+/m1/s1. The van der Waals surface area contributed by atoms with E-state index in [-0.39, 0.29) is 33.9 Å². The second-order valence-electron chi connectivity index (χ2n) is 10.6. The molecule has 1 unspecified atom stereocenters. The van der Waals surface area contributed by atoms with Crippen molar-refractivity contribution in [2.75, 3.05) is 7.11 Å². The monoisotopic (exact) mass is 400 g/mol. The smallest absolute Gasteiger partial charge is 0.306 e. The number of aryl methyl sites for hydroxylation is 1. The maximum atomic E-state index is 14.0. The Morgan fingerprint density at radius 3 is 2.34 bits per heavy atom. The first-order chi connectivity index (χ1) is 13.4. The molecule has 4 heteroatoms. The molecule has 0 saturated heterocycles. The number of ether oxygens (including phenoxy) is 1. The molecule has 2 saturated carbocycles. The molecule has 5 atom stereocenters. The average Bonchev–Trinajstić information content (AvgIpc) is 2.62. The fourth-order valence-corrected chi connectivity index (χ4v) is 6.70. The molecule has 2 aliphatic carbocycles. The Morgan fingerprint density at radius 2 is 1.76 bits per heavy atom. The first-order valence-electron chi connectivity index (χ1n) is 10.8. The van der Waals surface area contributed by atoms with E-state index in [1.165, 1.54) is 0 Å². The quantitative estimate of drug-likeness (QED) is 0.652. The zero-order valence-electron chi connectivity index (χ0n) is 19.0. The molecule has 0 radical (unpaired) electrons. The summed E-state index contributed by atoms with van der Waals surface area (Å²) in [5.41, 5.74) is 1.13. The minimum absolute atomic E-state index is 0.0172. The first-order valence-corrected chi connectivity index (χ1v) is 10.8. The number of fused-ring (bicyclic) bond motifs is 1. The van der Waals surface area contributed by atoms with Crippen molar-refractivity contribution in [1.29, 1.82) is 0 Å². The van der Waals surface area contributed by atoms with E-state index < -0.39 is 11.9 Å². The third-order valence-corrected chi connectivity index (χ3v) is 8.90. The summed E-state index contributed by atoms with van der Waals surface area (Å²) in [6.45, 7) is 12.9. The molecule has 2 aliphatic rings. The van der Waals surface area contributed by atoms with Gasteiger partial charge in [-0.3, -0.25) is 9.59 Å². The van der Waals surface area contributed by atoms with E-state index >= 15 is 0 Å². The van der Waals surface area contributed by atoms with E-state index in [4.69, 9.17) is 4.74 Å². The Kier molecular flexibility index (Phi) is 5.38. The maximum Gasteiger partial charge on any atom is 0.306 e. The molecule has 29 heavy (non-hydrogen) atoms. The van der Waals surface area contributed by atoms with E-state index in [1.54, 1.807) is 13.2 Å². The van der Waals surface area contributed by atoms with Crippen LogP contribution in [0.4, 0.5) is 0 Å². The Hall–Kier alpha value is -1.84. The number of ketones is 1. The maximum absolute atomic E-state index is 14.0. The highest BCUT2D eigenvalue weighted by Crippen LogP contribution is 2.70. The molecule has 0 aromatic heterocycles. The summed E-state index contributed by atoms with van der Waals surface area (Å²) >= 11 is 0. The minimum atomic E-state index is -0.776. The van der Waals surface area contributed by atoms with Gasteiger partial charge in [0.05, 0.1) is 13.0 Å². The van der Waals surface area contributed by atoms with Crippen LogP contribution in [0.3, 0.4) is 0 Å². The van der Waals surface area contributed by atoms with Crippen LogP contribution in [0, 0.1) is 40.9 Å². The molecule has 1 N–H and O–H groups in total. The summed E-state index contributed by atoms with van der Waals surface area (Å²) in [5.74, 6) is -1.08. The van der Waals surface area contributed by atoms with Gasteiger partial charge in [0, 0.05) is 11.5 Å². The summed E-state index contributed by atoms with van der Waals surface area (Å²) in [5, 5.41) is 10.0. The van der Waals surface area contributed by atoms with Gasteiger partial charge in [-0.05, 0) is 72.1 Å². The molecule has 4 nitrogen and oxygen atoms in total. The van der Waals surface area contributed by atoms with Gasteiger partial charge >= 0.3 is 5.97 Å². The van der Waals surface area contributed by atoms with Crippen molar-refractivity contribution in [3.63, 3.8) is 0 Å². The second kappa shape index (κ2) is 7.14. The number of rotatable bonds is 4.